The van der Waals surface area contributed by atoms with Crippen LogP contribution in [0.15, 0.2) is 48.5 Å². The molecule has 0 atom stereocenters. The third kappa shape index (κ3) is 2.98. The highest BCUT2D eigenvalue weighted by Gasteiger charge is 2.14. The zero-order valence-electron chi connectivity index (χ0n) is 10.2. The molecule has 0 aliphatic heterocycles. The van der Waals surface area contributed by atoms with E-state index in [1.165, 1.54) is 12.1 Å². The number of hydrogen-bond donors (Lipinski definition) is 2. The molecule has 0 bridgehead atoms. The van der Waals surface area contributed by atoms with Gasteiger partial charge in [0.1, 0.15) is 5.75 Å². The molecule has 0 unspecified atom stereocenters. The highest BCUT2D eigenvalue weighted by molar-refractivity contribution is 6.10. The van der Waals surface area contributed by atoms with Crippen molar-refractivity contribution in [3.05, 3.63) is 65.2 Å². The normalized spacial score (nSPS) is 10.1. The number of aromatic hydroxyl groups is 1. The number of carbonyl (C=O) groups excluding carboxylic acids is 2. The lowest BCUT2D eigenvalue weighted by Gasteiger charge is -2.06. The van der Waals surface area contributed by atoms with Crippen LogP contribution in [0.2, 0.25) is 0 Å². The van der Waals surface area contributed by atoms with Crippen LogP contribution in [0, 0.1) is 0 Å². The molecule has 0 saturated heterocycles. The van der Waals surface area contributed by atoms with Gasteiger partial charge in [-0.2, -0.15) is 0 Å². The molecule has 0 fully saturated rings. The molecule has 0 aliphatic carbocycles. The standard InChI is InChI=1S/C15H13NO3/c16-14(18)9-10-6-7-13(17)12(8-10)15(19)11-4-2-1-3-5-11/h1-8,17H,9H2,(H2,16,18). The number of nitrogens with two attached hydrogens (primary N) is 1. The van der Waals surface area contributed by atoms with Crippen LogP contribution in [0.5, 0.6) is 5.75 Å². The molecule has 2 rings (SSSR count). The average Bonchev–Trinajstić information content (AvgIpc) is 2.40. The number of phenols is 1. The van der Waals surface area contributed by atoms with Crippen molar-refractivity contribution < 1.29 is 14.7 Å². The second-order valence-corrected chi connectivity index (χ2v) is 4.19. The van der Waals surface area contributed by atoms with Gasteiger partial charge in [-0.05, 0) is 17.7 Å². The first-order valence-electron chi connectivity index (χ1n) is 5.78. The molecule has 2 aromatic rings. The Kier molecular flexibility index (Phi) is 3.61. The molecule has 19 heavy (non-hydrogen) atoms. The van der Waals surface area contributed by atoms with Crippen LogP contribution in [0.1, 0.15) is 21.5 Å². The van der Waals surface area contributed by atoms with Crippen LogP contribution in [0.25, 0.3) is 0 Å². The summed E-state index contributed by atoms with van der Waals surface area (Å²) in [7, 11) is 0. The fraction of sp³-hybridized carbons (Fsp3) is 0.0667. The summed E-state index contributed by atoms with van der Waals surface area (Å²) in [6.45, 7) is 0. The largest absolute Gasteiger partial charge is 0.507 e. The van der Waals surface area contributed by atoms with Gasteiger partial charge in [0.05, 0.1) is 12.0 Å². The fourth-order valence-corrected chi connectivity index (χ4v) is 1.82. The fourth-order valence-electron chi connectivity index (χ4n) is 1.82. The van der Waals surface area contributed by atoms with Crippen molar-refractivity contribution in [2.24, 2.45) is 5.73 Å². The van der Waals surface area contributed by atoms with Crippen LogP contribution in [0.3, 0.4) is 0 Å². The van der Waals surface area contributed by atoms with Gasteiger partial charge in [-0.15, -0.1) is 0 Å². The molecule has 0 aliphatic rings. The van der Waals surface area contributed by atoms with Gasteiger partial charge in [-0.1, -0.05) is 36.4 Å². The van der Waals surface area contributed by atoms with E-state index in [2.05, 4.69) is 0 Å². The minimum Gasteiger partial charge on any atom is -0.507 e. The Morgan fingerprint density at radius 3 is 2.37 bits per heavy atom. The summed E-state index contributed by atoms with van der Waals surface area (Å²) in [5, 5.41) is 9.76. The van der Waals surface area contributed by atoms with E-state index in [0.29, 0.717) is 11.1 Å². The van der Waals surface area contributed by atoms with E-state index in [1.54, 1.807) is 36.4 Å². The van der Waals surface area contributed by atoms with Crippen molar-refractivity contribution >= 4 is 11.7 Å². The predicted octanol–water partition coefficient (Wildman–Crippen LogP) is 1.65. The molecule has 4 heteroatoms. The van der Waals surface area contributed by atoms with Gasteiger partial charge in [-0.25, -0.2) is 0 Å². The van der Waals surface area contributed by atoms with Gasteiger partial charge >= 0.3 is 0 Å². The van der Waals surface area contributed by atoms with E-state index in [0.717, 1.165) is 0 Å². The van der Waals surface area contributed by atoms with E-state index in [1.807, 2.05) is 0 Å². The SMILES string of the molecule is NC(=O)Cc1ccc(O)c(C(=O)c2ccccc2)c1. The zero-order chi connectivity index (χ0) is 13.8. The van der Waals surface area contributed by atoms with E-state index in [4.69, 9.17) is 5.73 Å². The van der Waals surface area contributed by atoms with Crippen LogP contribution < -0.4 is 5.73 Å². The van der Waals surface area contributed by atoms with E-state index in [-0.39, 0.29) is 23.5 Å². The molecule has 0 aromatic heterocycles. The van der Waals surface area contributed by atoms with Crippen molar-refractivity contribution in [3.8, 4) is 5.75 Å². The molecule has 0 heterocycles. The number of benzene rings is 2. The third-order valence-corrected chi connectivity index (χ3v) is 2.72. The van der Waals surface area contributed by atoms with Crippen LogP contribution >= 0.6 is 0 Å². The minimum atomic E-state index is -0.483. The highest BCUT2D eigenvalue weighted by atomic mass is 16.3. The quantitative estimate of drug-likeness (QED) is 0.815. The molecule has 3 N–H and O–H groups in total. The summed E-state index contributed by atoms with van der Waals surface area (Å²) in [4.78, 5) is 23.1. The number of ketones is 1. The summed E-state index contributed by atoms with van der Waals surface area (Å²) in [5.74, 6) is -0.879. The first-order valence-corrected chi connectivity index (χ1v) is 5.78. The van der Waals surface area contributed by atoms with Gasteiger partial charge in [0.2, 0.25) is 5.91 Å². The van der Waals surface area contributed by atoms with Gasteiger partial charge in [0.15, 0.2) is 5.78 Å². The molecule has 96 valence electrons. The number of phenolic OH excluding ortho intramolecular Hbond substituents is 1. The summed E-state index contributed by atoms with van der Waals surface area (Å²) < 4.78 is 0. The lowest BCUT2D eigenvalue weighted by atomic mass is 9.99. The Balaban J connectivity index is 2.38. The molecular formula is C15H13NO3. The number of amides is 1. The van der Waals surface area contributed by atoms with Crippen molar-refractivity contribution in [2.75, 3.05) is 0 Å². The monoisotopic (exact) mass is 255 g/mol. The topological polar surface area (TPSA) is 80.4 Å². The van der Waals surface area contributed by atoms with E-state index in [9.17, 15) is 14.7 Å². The van der Waals surface area contributed by atoms with Crippen molar-refractivity contribution in [1.82, 2.24) is 0 Å². The predicted molar refractivity (Wildman–Crippen MR) is 70.9 cm³/mol. The second kappa shape index (κ2) is 5.35. The Morgan fingerprint density at radius 1 is 1.05 bits per heavy atom. The highest BCUT2D eigenvalue weighted by Crippen LogP contribution is 2.22. The summed E-state index contributed by atoms with van der Waals surface area (Å²) in [6.07, 6.45) is 0.0371. The average molecular weight is 255 g/mol. The maximum absolute atomic E-state index is 12.2. The molecule has 2 aromatic carbocycles. The molecule has 4 nitrogen and oxygen atoms in total. The second-order valence-electron chi connectivity index (χ2n) is 4.19. The summed E-state index contributed by atoms with van der Waals surface area (Å²) in [6, 6.07) is 13.1. The van der Waals surface area contributed by atoms with Gasteiger partial charge in [0, 0.05) is 5.56 Å². The van der Waals surface area contributed by atoms with Crippen molar-refractivity contribution in [1.29, 1.82) is 0 Å². The number of primary amides is 1. The molecule has 0 spiro atoms. The molecular weight excluding hydrogens is 242 g/mol. The first-order chi connectivity index (χ1) is 9.08. The van der Waals surface area contributed by atoms with Gasteiger partial charge in [0.25, 0.3) is 0 Å². The maximum Gasteiger partial charge on any atom is 0.221 e. The Hall–Kier alpha value is -2.62. The van der Waals surface area contributed by atoms with Crippen LogP contribution in [-0.4, -0.2) is 16.8 Å². The minimum absolute atomic E-state index is 0.0371. The third-order valence-electron chi connectivity index (χ3n) is 2.72. The Morgan fingerprint density at radius 2 is 1.74 bits per heavy atom. The number of rotatable bonds is 4. The van der Waals surface area contributed by atoms with Crippen LogP contribution in [0.4, 0.5) is 0 Å². The van der Waals surface area contributed by atoms with Gasteiger partial charge < -0.3 is 10.8 Å². The molecule has 1 amide bonds. The number of carbonyl (C=O) groups is 2. The Bertz CT molecular complexity index is 621. The smallest absolute Gasteiger partial charge is 0.221 e. The van der Waals surface area contributed by atoms with Crippen molar-refractivity contribution in [3.63, 3.8) is 0 Å². The van der Waals surface area contributed by atoms with Crippen LogP contribution in [-0.2, 0) is 11.2 Å². The van der Waals surface area contributed by atoms with Gasteiger partial charge in [-0.3, -0.25) is 9.59 Å². The summed E-state index contributed by atoms with van der Waals surface area (Å²) >= 11 is 0. The molecule has 0 radical (unpaired) electrons. The lowest BCUT2D eigenvalue weighted by Crippen LogP contribution is -2.14. The lowest BCUT2D eigenvalue weighted by molar-refractivity contribution is -0.117. The van der Waals surface area contributed by atoms with E-state index < -0.39 is 5.91 Å². The Labute approximate surface area is 110 Å². The van der Waals surface area contributed by atoms with Crippen molar-refractivity contribution in [2.45, 2.75) is 6.42 Å². The van der Waals surface area contributed by atoms with E-state index >= 15 is 0 Å². The first kappa shape index (κ1) is 12.8. The number of hydrogen-bond acceptors (Lipinski definition) is 3. The summed E-state index contributed by atoms with van der Waals surface area (Å²) in [5.41, 5.74) is 6.37. The maximum atomic E-state index is 12.2. The molecule has 0 saturated carbocycles. The zero-order valence-corrected chi connectivity index (χ0v) is 10.2.